The molecule has 1 aromatic carbocycles. The van der Waals surface area contributed by atoms with E-state index in [-0.39, 0.29) is 11.8 Å². The standard InChI is InChI=1S/C16H27N3O/c1-19(2)11-7-6-10-18-16(20)15(13-17)12-14-8-4-3-5-9-14/h3-5,8-9,15H,6-7,10-13,17H2,1-2H3,(H,18,20). The van der Waals surface area contributed by atoms with E-state index in [1.807, 2.05) is 30.3 Å². The molecule has 3 N–H and O–H groups in total. The van der Waals surface area contributed by atoms with Crippen molar-refractivity contribution >= 4 is 5.91 Å². The van der Waals surface area contributed by atoms with Crippen LogP contribution < -0.4 is 11.1 Å². The third-order valence-corrected chi connectivity index (χ3v) is 3.31. The molecule has 0 aliphatic rings. The lowest BCUT2D eigenvalue weighted by atomic mass is 9.98. The van der Waals surface area contributed by atoms with Crippen molar-refractivity contribution in [3.05, 3.63) is 35.9 Å². The number of hydrogen-bond acceptors (Lipinski definition) is 3. The Morgan fingerprint density at radius 1 is 1.25 bits per heavy atom. The fourth-order valence-electron chi connectivity index (χ4n) is 2.09. The number of benzene rings is 1. The minimum Gasteiger partial charge on any atom is -0.356 e. The summed E-state index contributed by atoms with van der Waals surface area (Å²) in [5.41, 5.74) is 6.88. The van der Waals surface area contributed by atoms with E-state index in [9.17, 15) is 4.79 Å². The van der Waals surface area contributed by atoms with Gasteiger partial charge in [-0.3, -0.25) is 4.79 Å². The molecule has 20 heavy (non-hydrogen) atoms. The zero-order chi connectivity index (χ0) is 14.8. The molecule has 0 saturated heterocycles. The smallest absolute Gasteiger partial charge is 0.224 e. The van der Waals surface area contributed by atoms with Crippen LogP contribution >= 0.6 is 0 Å². The second kappa shape index (κ2) is 9.50. The number of nitrogens with zero attached hydrogens (tertiary/aromatic N) is 1. The van der Waals surface area contributed by atoms with Crippen LogP contribution in [0.1, 0.15) is 18.4 Å². The van der Waals surface area contributed by atoms with Gasteiger partial charge in [-0.25, -0.2) is 0 Å². The average Bonchev–Trinajstić information content (AvgIpc) is 2.45. The highest BCUT2D eigenvalue weighted by Gasteiger charge is 2.16. The highest BCUT2D eigenvalue weighted by atomic mass is 16.1. The van der Waals surface area contributed by atoms with E-state index in [4.69, 9.17) is 5.73 Å². The number of amides is 1. The zero-order valence-electron chi connectivity index (χ0n) is 12.6. The van der Waals surface area contributed by atoms with Crippen molar-refractivity contribution in [2.24, 2.45) is 11.7 Å². The van der Waals surface area contributed by atoms with Gasteiger partial charge in [0.1, 0.15) is 0 Å². The van der Waals surface area contributed by atoms with E-state index in [2.05, 4.69) is 24.3 Å². The Hall–Kier alpha value is -1.39. The van der Waals surface area contributed by atoms with Gasteiger partial charge in [-0.2, -0.15) is 0 Å². The molecule has 0 bridgehead atoms. The molecule has 0 radical (unpaired) electrons. The molecule has 0 saturated carbocycles. The molecule has 0 fully saturated rings. The number of nitrogens with one attached hydrogen (secondary N) is 1. The van der Waals surface area contributed by atoms with Gasteiger partial charge >= 0.3 is 0 Å². The first kappa shape index (κ1) is 16.7. The maximum atomic E-state index is 12.1. The second-order valence-corrected chi connectivity index (χ2v) is 5.42. The Labute approximate surface area is 122 Å². The Morgan fingerprint density at radius 3 is 2.55 bits per heavy atom. The van der Waals surface area contributed by atoms with E-state index >= 15 is 0 Å². The van der Waals surface area contributed by atoms with Crippen molar-refractivity contribution in [1.82, 2.24) is 10.2 Å². The molecule has 1 atom stereocenters. The lowest BCUT2D eigenvalue weighted by Crippen LogP contribution is -2.36. The van der Waals surface area contributed by atoms with Crippen LogP contribution in [-0.2, 0) is 11.2 Å². The summed E-state index contributed by atoms with van der Waals surface area (Å²) >= 11 is 0. The zero-order valence-corrected chi connectivity index (χ0v) is 12.6. The predicted octanol–water partition coefficient (Wildman–Crippen LogP) is 1.26. The number of rotatable bonds is 9. The van der Waals surface area contributed by atoms with Gasteiger partial charge < -0.3 is 16.0 Å². The van der Waals surface area contributed by atoms with Gasteiger partial charge in [-0.15, -0.1) is 0 Å². The van der Waals surface area contributed by atoms with Crippen molar-refractivity contribution < 1.29 is 4.79 Å². The molecular weight excluding hydrogens is 250 g/mol. The third kappa shape index (κ3) is 6.68. The summed E-state index contributed by atoms with van der Waals surface area (Å²) in [7, 11) is 4.12. The fourth-order valence-corrected chi connectivity index (χ4v) is 2.09. The minimum atomic E-state index is -0.133. The van der Waals surface area contributed by atoms with Crippen LogP contribution in [0.25, 0.3) is 0 Å². The van der Waals surface area contributed by atoms with Gasteiger partial charge in [0.2, 0.25) is 5.91 Å². The first-order chi connectivity index (χ1) is 9.63. The first-order valence-electron chi connectivity index (χ1n) is 7.30. The molecule has 0 aliphatic carbocycles. The molecule has 1 rings (SSSR count). The first-order valence-corrected chi connectivity index (χ1v) is 7.30. The largest absolute Gasteiger partial charge is 0.356 e. The van der Waals surface area contributed by atoms with Gasteiger partial charge in [0, 0.05) is 13.1 Å². The Balaban J connectivity index is 2.29. The number of carbonyl (C=O) groups is 1. The third-order valence-electron chi connectivity index (χ3n) is 3.31. The maximum Gasteiger partial charge on any atom is 0.224 e. The van der Waals surface area contributed by atoms with Gasteiger partial charge in [0.25, 0.3) is 0 Å². The topological polar surface area (TPSA) is 58.4 Å². The summed E-state index contributed by atoms with van der Waals surface area (Å²) in [6.07, 6.45) is 2.81. The molecule has 4 heteroatoms. The molecule has 0 aliphatic heterocycles. The van der Waals surface area contributed by atoms with E-state index < -0.39 is 0 Å². The van der Waals surface area contributed by atoms with E-state index in [1.54, 1.807) is 0 Å². The van der Waals surface area contributed by atoms with Crippen LogP contribution in [0.4, 0.5) is 0 Å². The normalized spacial score (nSPS) is 12.4. The van der Waals surface area contributed by atoms with Gasteiger partial charge in [-0.1, -0.05) is 30.3 Å². The Bertz CT molecular complexity index is 379. The maximum absolute atomic E-state index is 12.1. The Kier molecular flexibility index (Phi) is 7.92. The van der Waals surface area contributed by atoms with Crippen LogP contribution in [0, 0.1) is 5.92 Å². The van der Waals surface area contributed by atoms with Crippen molar-refractivity contribution in [2.75, 3.05) is 33.7 Å². The molecule has 0 aromatic heterocycles. The van der Waals surface area contributed by atoms with E-state index in [0.29, 0.717) is 13.0 Å². The van der Waals surface area contributed by atoms with Crippen molar-refractivity contribution in [3.8, 4) is 0 Å². The van der Waals surface area contributed by atoms with Crippen LogP contribution in [-0.4, -0.2) is 44.5 Å². The van der Waals surface area contributed by atoms with Crippen molar-refractivity contribution in [1.29, 1.82) is 0 Å². The summed E-state index contributed by atoms with van der Waals surface area (Å²) in [6.45, 7) is 2.18. The summed E-state index contributed by atoms with van der Waals surface area (Å²) in [4.78, 5) is 14.2. The van der Waals surface area contributed by atoms with Crippen LogP contribution in [0.5, 0.6) is 0 Å². The molecule has 4 nitrogen and oxygen atoms in total. The predicted molar refractivity (Wildman–Crippen MR) is 83.5 cm³/mol. The van der Waals surface area contributed by atoms with Crippen molar-refractivity contribution in [2.45, 2.75) is 19.3 Å². The molecule has 112 valence electrons. The SMILES string of the molecule is CN(C)CCCCNC(=O)C(CN)Cc1ccccc1. The number of hydrogen-bond donors (Lipinski definition) is 2. The number of carbonyl (C=O) groups excluding carboxylic acids is 1. The number of nitrogens with two attached hydrogens (primary N) is 1. The second-order valence-electron chi connectivity index (χ2n) is 5.42. The molecule has 0 heterocycles. The monoisotopic (exact) mass is 277 g/mol. The minimum absolute atomic E-state index is 0.0706. The molecule has 1 amide bonds. The fraction of sp³-hybridized carbons (Fsp3) is 0.562. The highest BCUT2D eigenvalue weighted by molar-refractivity contribution is 5.79. The summed E-state index contributed by atoms with van der Waals surface area (Å²) in [5, 5.41) is 2.99. The molecule has 0 spiro atoms. The van der Waals surface area contributed by atoms with Crippen LogP contribution in [0.3, 0.4) is 0 Å². The quantitative estimate of drug-likeness (QED) is 0.668. The average molecular weight is 277 g/mol. The van der Waals surface area contributed by atoms with Gasteiger partial charge in [-0.05, 0) is 45.5 Å². The Morgan fingerprint density at radius 2 is 1.95 bits per heavy atom. The molecule has 1 unspecified atom stereocenters. The van der Waals surface area contributed by atoms with E-state index in [0.717, 1.165) is 31.5 Å². The summed E-state index contributed by atoms with van der Waals surface area (Å²) in [5.74, 6) is -0.0625. The molecule has 1 aromatic rings. The van der Waals surface area contributed by atoms with E-state index in [1.165, 1.54) is 0 Å². The van der Waals surface area contributed by atoms with Crippen LogP contribution in [0.15, 0.2) is 30.3 Å². The lowest BCUT2D eigenvalue weighted by molar-refractivity contribution is -0.124. The lowest BCUT2D eigenvalue weighted by Gasteiger charge is -2.15. The number of unbranched alkanes of at least 4 members (excludes halogenated alkanes) is 1. The molecular formula is C16H27N3O. The van der Waals surface area contributed by atoms with Gasteiger partial charge in [0.05, 0.1) is 5.92 Å². The summed E-state index contributed by atoms with van der Waals surface area (Å²) in [6, 6.07) is 10.0. The van der Waals surface area contributed by atoms with Gasteiger partial charge in [0.15, 0.2) is 0 Å². The highest BCUT2D eigenvalue weighted by Crippen LogP contribution is 2.08. The van der Waals surface area contributed by atoms with Crippen LogP contribution in [0.2, 0.25) is 0 Å². The summed E-state index contributed by atoms with van der Waals surface area (Å²) < 4.78 is 0. The van der Waals surface area contributed by atoms with Crippen molar-refractivity contribution in [3.63, 3.8) is 0 Å².